The number of rotatable bonds is 11. The molecule has 3 rings (SSSR count). The summed E-state index contributed by atoms with van der Waals surface area (Å²) in [6.07, 6.45) is 0.114. The van der Waals surface area contributed by atoms with E-state index in [4.69, 9.17) is 4.74 Å². The van der Waals surface area contributed by atoms with Gasteiger partial charge in [-0.1, -0.05) is 24.3 Å². The van der Waals surface area contributed by atoms with Crippen molar-refractivity contribution in [3.05, 3.63) is 60.3 Å². The Balaban J connectivity index is 1.97. The van der Waals surface area contributed by atoms with Gasteiger partial charge in [-0.3, -0.25) is 0 Å². The van der Waals surface area contributed by atoms with E-state index in [2.05, 4.69) is 15.3 Å². The molecule has 7 nitrogen and oxygen atoms in total. The minimum atomic E-state index is -3.36. The first-order valence-electron chi connectivity index (χ1n) is 11.1. The zero-order valence-corrected chi connectivity index (χ0v) is 20.6. The fourth-order valence-electron chi connectivity index (χ4n) is 3.33. The van der Waals surface area contributed by atoms with Gasteiger partial charge in [0.1, 0.15) is 18.5 Å². The van der Waals surface area contributed by atoms with Gasteiger partial charge in [0, 0.05) is 36.0 Å². The van der Waals surface area contributed by atoms with Gasteiger partial charge in [0.05, 0.1) is 10.6 Å². The lowest BCUT2D eigenvalue weighted by Gasteiger charge is -2.14. The molecule has 0 aliphatic rings. The van der Waals surface area contributed by atoms with Crippen molar-refractivity contribution >= 4 is 9.84 Å². The number of nitrogens with one attached hydrogen (secondary N) is 1. The number of halogens is 2. The second-order valence-electron chi connectivity index (χ2n) is 8.49. The number of alkyl halides is 2. The van der Waals surface area contributed by atoms with Crippen molar-refractivity contribution in [2.45, 2.75) is 36.7 Å². The van der Waals surface area contributed by atoms with Gasteiger partial charge in [-0.25, -0.2) is 27.2 Å². The smallest absolute Gasteiger partial charge is 0.245 e. The van der Waals surface area contributed by atoms with Crippen LogP contribution in [0.4, 0.5) is 8.78 Å². The molecule has 1 unspecified atom stereocenters. The average Bonchev–Trinajstić information content (AvgIpc) is 2.81. The van der Waals surface area contributed by atoms with Crippen molar-refractivity contribution < 1.29 is 27.0 Å². The molecule has 188 valence electrons. The number of nitrogens with zero attached hydrogens (tertiary/aromatic N) is 2. The summed E-state index contributed by atoms with van der Waals surface area (Å²) >= 11 is 0. The van der Waals surface area contributed by atoms with Crippen LogP contribution in [0, 0.1) is 0 Å². The number of hydrogen-bond acceptors (Lipinski definition) is 7. The van der Waals surface area contributed by atoms with Crippen LogP contribution in [0.25, 0.3) is 22.6 Å². The number of sulfone groups is 1. The third kappa shape index (κ3) is 8.05. The summed E-state index contributed by atoms with van der Waals surface area (Å²) in [5, 5.41) is 12.7. The Hall–Kier alpha value is -2.95. The molecule has 35 heavy (non-hydrogen) atoms. The van der Waals surface area contributed by atoms with E-state index in [1.807, 2.05) is 0 Å². The zero-order chi connectivity index (χ0) is 25.6. The van der Waals surface area contributed by atoms with Crippen molar-refractivity contribution in [2.24, 2.45) is 0 Å². The van der Waals surface area contributed by atoms with Gasteiger partial charge in [-0.05, 0) is 50.7 Å². The molecule has 3 aromatic rings. The van der Waals surface area contributed by atoms with Crippen LogP contribution >= 0.6 is 0 Å². The van der Waals surface area contributed by atoms with Crippen molar-refractivity contribution in [1.82, 2.24) is 15.3 Å². The number of ether oxygens (including phenoxy) is 1. The maximum Gasteiger partial charge on any atom is 0.245 e. The average molecular weight is 506 g/mol. The zero-order valence-electron chi connectivity index (χ0n) is 19.8. The molecule has 0 fully saturated rings. The van der Waals surface area contributed by atoms with E-state index >= 15 is 0 Å². The van der Waals surface area contributed by atoms with Gasteiger partial charge < -0.3 is 15.2 Å². The highest BCUT2D eigenvalue weighted by molar-refractivity contribution is 7.90. The molecule has 1 atom stereocenters. The molecule has 1 aromatic heterocycles. The number of aliphatic hydroxyl groups excluding tert-OH is 1. The summed E-state index contributed by atoms with van der Waals surface area (Å²) in [5.41, 5.74) is 2.17. The van der Waals surface area contributed by atoms with Crippen LogP contribution in [-0.2, 0) is 16.3 Å². The van der Waals surface area contributed by atoms with Gasteiger partial charge >= 0.3 is 0 Å². The number of hydrogen-bond donors (Lipinski definition) is 2. The van der Waals surface area contributed by atoms with Gasteiger partial charge in [0.2, 0.25) is 5.92 Å². The van der Waals surface area contributed by atoms with Gasteiger partial charge in [-0.15, -0.1) is 0 Å². The summed E-state index contributed by atoms with van der Waals surface area (Å²) in [4.78, 5) is 9.29. The predicted octanol–water partition coefficient (Wildman–Crippen LogP) is 3.76. The lowest BCUT2D eigenvalue weighted by molar-refractivity contribution is 0.0130. The van der Waals surface area contributed by atoms with Crippen LogP contribution in [0.3, 0.4) is 0 Å². The molecule has 0 saturated carbocycles. The van der Waals surface area contributed by atoms with E-state index in [-0.39, 0.29) is 24.3 Å². The largest absolute Gasteiger partial charge is 0.491 e. The molecule has 2 N–H and O–H groups in total. The molecular weight excluding hydrogens is 476 g/mol. The number of aryl methyl sites for hydroxylation is 1. The molecule has 2 aromatic carbocycles. The summed E-state index contributed by atoms with van der Waals surface area (Å²) in [6, 6.07) is 14.9. The van der Waals surface area contributed by atoms with Crippen molar-refractivity contribution in [1.29, 1.82) is 0 Å². The Bertz CT molecular complexity index is 1250. The third-order valence-electron chi connectivity index (χ3n) is 5.15. The highest BCUT2D eigenvalue weighted by atomic mass is 32.2. The molecule has 0 aliphatic carbocycles. The molecule has 0 bridgehead atoms. The summed E-state index contributed by atoms with van der Waals surface area (Å²) < 4.78 is 56.3. The maximum absolute atomic E-state index is 13.5. The molecule has 0 amide bonds. The highest BCUT2D eigenvalue weighted by Gasteiger charge is 2.21. The first kappa shape index (κ1) is 26.7. The lowest BCUT2D eigenvalue weighted by atomic mass is 10.1. The standard InChI is InChI=1S/C25H29F2N3O4S/c1-25(26,27)12-11-19-14-23(17-7-9-22(10-8-17)35(3,32)33)30-24(29-19)18-5-4-6-21(13-18)34-16-20(31)15-28-2/h4-10,13-14,20,28,31H,11-12,15-16H2,1-3H3. The second-order valence-corrected chi connectivity index (χ2v) is 10.5. The Morgan fingerprint density at radius 3 is 2.43 bits per heavy atom. The number of likely N-dealkylation sites (N-methyl/N-ethyl adjacent to an activating group) is 1. The molecule has 0 aliphatic heterocycles. The van der Waals surface area contributed by atoms with E-state index < -0.39 is 21.9 Å². The minimum absolute atomic E-state index is 0.0415. The Kier molecular flexibility index (Phi) is 8.52. The van der Waals surface area contributed by atoms with Crippen molar-refractivity contribution in [3.8, 4) is 28.4 Å². The topological polar surface area (TPSA) is 101 Å². The SMILES string of the molecule is CNCC(O)COc1cccc(-c2nc(CCC(C)(F)F)cc(-c3ccc(S(C)(=O)=O)cc3)n2)c1. The van der Waals surface area contributed by atoms with Gasteiger partial charge in [-0.2, -0.15) is 0 Å². The number of aromatic nitrogens is 2. The third-order valence-corrected chi connectivity index (χ3v) is 6.28. The van der Waals surface area contributed by atoms with Crippen LogP contribution in [-0.4, -0.2) is 62.0 Å². The molecular formula is C25H29F2N3O4S. The van der Waals surface area contributed by atoms with Crippen LogP contribution in [0.5, 0.6) is 5.75 Å². The first-order valence-corrected chi connectivity index (χ1v) is 13.0. The monoisotopic (exact) mass is 505 g/mol. The van der Waals surface area contributed by atoms with E-state index in [9.17, 15) is 22.3 Å². The van der Waals surface area contributed by atoms with E-state index in [1.165, 1.54) is 12.1 Å². The van der Waals surface area contributed by atoms with Crippen LogP contribution in [0.1, 0.15) is 19.0 Å². The normalized spacial score (nSPS) is 13.0. The Labute approximate surface area is 204 Å². The highest BCUT2D eigenvalue weighted by Crippen LogP contribution is 2.28. The van der Waals surface area contributed by atoms with E-state index in [0.717, 1.165) is 13.2 Å². The second kappa shape index (κ2) is 11.2. The quantitative estimate of drug-likeness (QED) is 0.409. The van der Waals surface area contributed by atoms with Gasteiger partial charge in [0.25, 0.3) is 0 Å². The Morgan fingerprint density at radius 1 is 1.09 bits per heavy atom. The maximum atomic E-state index is 13.5. The van der Waals surface area contributed by atoms with Crippen molar-refractivity contribution in [2.75, 3.05) is 26.5 Å². The molecule has 0 spiro atoms. The van der Waals surface area contributed by atoms with Crippen LogP contribution in [0.2, 0.25) is 0 Å². The summed E-state index contributed by atoms with van der Waals surface area (Å²) in [5.74, 6) is -2.01. The molecule has 10 heteroatoms. The Morgan fingerprint density at radius 2 is 1.80 bits per heavy atom. The first-order chi connectivity index (χ1) is 16.4. The predicted molar refractivity (Wildman–Crippen MR) is 130 cm³/mol. The van der Waals surface area contributed by atoms with Gasteiger partial charge in [0.15, 0.2) is 15.7 Å². The van der Waals surface area contributed by atoms with E-state index in [0.29, 0.717) is 40.6 Å². The summed E-state index contributed by atoms with van der Waals surface area (Å²) in [7, 11) is -1.63. The number of aliphatic hydroxyl groups is 1. The fourth-order valence-corrected chi connectivity index (χ4v) is 3.97. The number of benzene rings is 2. The van der Waals surface area contributed by atoms with E-state index in [1.54, 1.807) is 49.5 Å². The lowest BCUT2D eigenvalue weighted by Crippen LogP contribution is -2.29. The minimum Gasteiger partial charge on any atom is -0.491 e. The molecule has 1 heterocycles. The molecule has 0 radical (unpaired) electrons. The van der Waals surface area contributed by atoms with Crippen LogP contribution in [0.15, 0.2) is 59.5 Å². The van der Waals surface area contributed by atoms with Crippen molar-refractivity contribution in [3.63, 3.8) is 0 Å². The molecule has 0 saturated heterocycles. The fraction of sp³-hybridized carbons (Fsp3) is 0.360. The summed E-state index contributed by atoms with van der Waals surface area (Å²) in [6.45, 7) is 1.34. The van der Waals surface area contributed by atoms with Crippen LogP contribution < -0.4 is 10.1 Å².